The average molecular weight is 420 g/mol. The number of carbonyl (C=O) groups is 2. The molecular formula is C20H30N5O5+. The number of H-pyrrole nitrogens is 1. The number of urea groups is 1. The number of nitrogens with one attached hydrogen (secondary N) is 4. The van der Waals surface area contributed by atoms with Gasteiger partial charge in [0.15, 0.2) is 23.9 Å². The standard InChI is InChI=1S/C20H29N5O5/c1-6-25(11-18(26)24-20(28)21-9-12(2)3)10-17-22-14-8-16(30-5)15(29-4)7-13(14)19(27)23-17/h7-8,12H,6,9-11H2,1-5H3,(H,22,23,27)(H2,21,24,26,28)/p+1. The molecule has 4 N–H and O–H groups in total. The van der Waals surface area contributed by atoms with Gasteiger partial charge >= 0.3 is 6.03 Å². The Morgan fingerprint density at radius 2 is 1.87 bits per heavy atom. The lowest BCUT2D eigenvalue weighted by atomic mass is 10.2. The fourth-order valence-electron chi connectivity index (χ4n) is 2.89. The maximum Gasteiger partial charge on any atom is 0.321 e. The van der Waals surface area contributed by atoms with Crippen molar-refractivity contribution in [1.29, 1.82) is 0 Å². The van der Waals surface area contributed by atoms with E-state index >= 15 is 0 Å². The number of imide groups is 1. The number of ether oxygens (including phenoxy) is 2. The first kappa shape index (κ1) is 23.1. The second-order valence-corrected chi connectivity index (χ2v) is 7.35. The molecule has 0 radical (unpaired) electrons. The fraction of sp³-hybridized carbons (Fsp3) is 0.500. The van der Waals surface area contributed by atoms with E-state index in [0.29, 0.717) is 47.9 Å². The van der Waals surface area contributed by atoms with Crippen LogP contribution in [-0.2, 0) is 11.3 Å². The van der Waals surface area contributed by atoms with E-state index in [-0.39, 0.29) is 18.0 Å². The fourth-order valence-corrected chi connectivity index (χ4v) is 2.89. The highest BCUT2D eigenvalue weighted by Gasteiger charge is 2.18. The van der Waals surface area contributed by atoms with Crippen LogP contribution in [-0.4, -0.2) is 55.8 Å². The number of hydrogen-bond acceptors (Lipinski definition) is 6. The summed E-state index contributed by atoms with van der Waals surface area (Å²) in [5.74, 6) is 1.24. The molecule has 30 heavy (non-hydrogen) atoms. The Morgan fingerprint density at radius 3 is 2.47 bits per heavy atom. The Bertz CT molecular complexity index is 956. The van der Waals surface area contributed by atoms with Crippen molar-refractivity contribution < 1.29 is 24.0 Å². The summed E-state index contributed by atoms with van der Waals surface area (Å²) in [4.78, 5) is 44.5. The monoisotopic (exact) mass is 420 g/mol. The highest BCUT2D eigenvalue weighted by atomic mass is 16.5. The van der Waals surface area contributed by atoms with Crippen molar-refractivity contribution in [1.82, 2.24) is 20.6 Å². The largest absolute Gasteiger partial charge is 0.493 e. The lowest BCUT2D eigenvalue weighted by molar-refractivity contribution is -0.904. The Labute approximate surface area is 175 Å². The van der Waals surface area contributed by atoms with Crippen molar-refractivity contribution in [2.24, 2.45) is 5.92 Å². The molecule has 1 aromatic heterocycles. The zero-order valence-electron chi connectivity index (χ0n) is 18.0. The second kappa shape index (κ2) is 10.6. The molecule has 0 spiro atoms. The predicted octanol–water partition coefficient (Wildman–Crippen LogP) is -0.173. The summed E-state index contributed by atoms with van der Waals surface area (Å²) in [6.07, 6.45) is 0. The number of benzene rings is 1. The van der Waals surface area contributed by atoms with Gasteiger partial charge in [0.05, 0.1) is 31.7 Å². The van der Waals surface area contributed by atoms with Crippen molar-refractivity contribution in [3.63, 3.8) is 0 Å². The summed E-state index contributed by atoms with van der Waals surface area (Å²) in [5, 5.41) is 5.34. The third-order valence-electron chi connectivity index (χ3n) is 4.51. The zero-order valence-corrected chi connectivity index (χ0v) is 18.0. The van der Waals surface area contributed by atoms with Crippen molar-refractivity contribution >= 4 is 22.8 Å². The van der Waals surface area contributed by atoms with Gasteiger partial charge in [-0.2, -0.15) is 0 Å². The number of amides is 3. The molecule has 0 bridgehead atoms. The molecule has 3 amide bonds. The number of aromatic nitrogens is 2. The average Bonchev–Trinajstić information content (AvgIpc) is 2.70. The molecule has 1 atom stereocenters. The minimum Gasteiger partial charge on any atom is -0.493 e. The second-order valence-electron chi connectivity index (χ2n) is 7.35. The Hall–Kier alpha value is -3.14. The van der Waals surface area contributed by atoms with Crippen LogP contribution in [0.2, 0.25) is 0 Å². The van der Waals surface area contributed by atoms with Crippen LogP contribution in [0.3, 0.4) is 0 Å². The van der Waals surface area contributed by atoms with Gasteiger partial charge < -0.3 is 24.7 Å². The van der Waals surface area contributed by atoms with Gasteiger partial charge in [0.25, 0.3) is 11.5 Å². The van der Waals surface area contributed by atoms with E-state index in [9.17, 15) is 14.4 Å². The summed E-state index contributed by atoms with van der Waals surface area (Å²) in [7, 11) is 3.01. The van der Waals surface area contributed by atoms with E-state index in [2.05, 4.69) is 20.6 Å². The van der Waals surface area contributed by atoms with Crippen LogP contribution < -0.4 is 30.6 Å². The van der Waals surface area contributed by atoms with Gasteiger partial charge in [-0.3, -0.25) is 14.9 Å². The Balaban J connectivity index is 2.12. The lowest BCUT2D eigenvalue weighted by Crippen LogP contribution is -3.11. The molecule has 0 aliphatic carbocycles. The summed E-state index contributed by atoms with van der Waals surface area (Å²) in [6.45, 7) is 7.32. The topological polar surface area (TPSA) is 127 Å². The quantitative estimate of drug-likeness (QED) is 0.446. The third-order valence-corrected chi connectivity index (χ3v) is 4.51. The number of rotatable bonds is 9. The van der Waals surface area contributed by atoms with E-state index in [1.807, 2.05) is 20.8 Å². The normalized spacial score (nSPS) is 11.9. The Kier molecular flexibility index (Phi) is 8.16. The first-order valence-corrected chi connectivity index (χ1v) is 9.83. The Morgan fingerprint density at radius 1 is 1.20 bits per heavy atom. The van der Waals surface area contributed by atoms with Gasteiger partial charge in [0.2, 0.25) is 0 Å². The van der Waals surface area contributed by atoms with Crippen LogP contribution in [0.4, 0.5) is 4.79 Å². The molecule has 0 fully saturated rings. The molecule has 10 heteroatoms. The maximum atomic E-state index is 12.5. The van der Waals surface area contributed by atoms with Gasteiger partial charge in [-0.05, 0) is 18.9 Å². The van der Waals surface area contributed by atoms with E-state index < -0.39 is 11.9 Å². The van der Waals surface area contributed by atoms with Crippen LogP contribution in [0.15, 0.2) is 16.9 Å². The minimum absolute atomic E-state index is 0.0687. The SMILES string of the molecule is CC[NH+](CC(=O)NC(=O)NCC(C)C)Cc1nc2cc(OC)c(OC)cc2c(=O)[nH]1. The van der Waals surface area contributed by atoms with E-state index in [4.69, 9.17) is 9.47 Å². The molecule has 1 unspecified atom stereocenters. The van der Waals surface area contributed by atoms with E-state index in [1.54, 1.807) is 12.1 Å². The summed E-state index contributed by atoms with van der Waals surface area (Å²) in [5.41, 5.74) is 0.170. The van der Waals surface area contributed by atoms with Gasteiger partial charge in [-0.15, -0.1) is 0 Å². The van der Waals surface area contributed by atoms with Gasteiger partial charge in [0.1, 0.15) is 6.54 Å². The number of hydrogen-bond donors (Lipinski definition) is 4. The van der Waals surface area contributed by atoms with Gasteiger partial charge in [-0.1, -0.05) is 13.8 Å². The summed E-state index contributed by atoms with van der Waals surface area (Å²) in [6, 6.07) is 2.71. The molecular weight excluding hydrogens is 390 g/mol. The smallest absolute Gasteiger partial charge is 0.321 e. The molecule has 1 heterocycles. The summed E-state index contributed by atoms with van der Waals surface area (Å²) >= 11 is 0. The number of methoxy groups -OCH3 is 2. The van der Waals surface area contributed by atoms with Crippen LogP contribution in [0.5, 0.6) is 11.5 Å². The number of quaternary nitrogens is 1. The third kappa shape index (κ3) is 6.18. The van der Waals surface area contributed by atoms with E-state index in [1.165, 1.54) is 14.2 Å². The molecule has 164 valence electrons. The molecule has 0 aliphatic heterocycles. The number of fused-ring (bicyclic) bond motifs is 1. The van der Waals surface area contributed by atoms with Gasteiger partial charge in [0, 0.05) is 12.6 Å². The first-order chi connectivity index (χ1) is 14.3. The number of likely N-dealkylation sites (N-methyl/N-ethyl adjacent to an activating group) is 1. The van der Waals surface area contributed by atoms with Crippen LogP contribution in [0.25, 0.3) is 10.9 Å². The summed E-state index contributed by atoms with van der Waals surface area (Å²) < 4.78 is 10.5. The van der Waals surface area contributed by atoms with Crippen molar-refractivity contribution in [3.8, 4) is 11.5 Å². The predicted molar refractivity (Wildman–Crippen MR) is 112 cm³/mol. The molecule has 0 saturated carbocycles. The molecule has 0 saturated heterocycles. The minimum atomic E-state index is -0.512. The number of aromatic amines is 1. The molecule has 1 aromatic carbocycles. The first-order valence-electron chi connectivity index (χ1n) is 9.83. The van der Waals surface area contributed by atoms with Crippen molar-refractivity contribution in [3.05, 3.63) is 28.3 Å². The maximum absolute atomic E-state index is 12.5. The van der Waals surface area contributed by atoms with Crippen LogP contribution >= 0.6 is 0 Å². The molecule has 2 aromatic rings. The highest BCUT2D eigenvalue weighted by molar-refractivity contribution is 5.94. The van der Waals surface area contributed by atoms with Gasteiger partial charge in [-0.25, -0.2) is 9.78 Å². The van der Waals surface area contributed by atoms with Crippen molar-refractivity contribution in [2.75, 3.05) is 33.9 Å². The molecule has 10 nitrogen and oxygen atoms in total. The number of carbonyl (C=O) groups excluding carboxylic acids is 2. The highest BCUT2D eigenvalue weighted by Crippen LogP contribution is 2.29. The molecule has 2 rings (SSSR count). The number of nitrogens with zero attached hydrogens (tertiary/aromatic N) is 1. The lowest BCUT2D eigenvalue weighted by Gasteiger charge is -2.17. The molecule has 0 aliphatic rings. The zero-order chi connectivity index (χ0) is 22.3. The van der Waals surface area contributed by atoms with E-state index in [0.717, 1.165) is 4.90 Å². The van der Waals surface area contributed by atoms with Crippen LogP contribution in [0.1, 0.15) is 26.6 Å². The van der Waals surface area contributed by atoms with Crippen molar-refractivity contribution in [2.45, 2.75) is 27.3 Å². The van der Waals surface area contributed by atoms with Crippen LogP contribution in [0, 0.1) is 5.92 Å².